The van der Waals surface area contributed by atoms with Gasteiger partial charge in [-0.3, -0.25) is 4.79 Å². The van der Waals surface area contributed by atoms with Gasteiger partial charge in [-0.25, -0.2) is 19.2 Å². The van der Waals surface area contributed by atoms with E-state index in [4.69, 9.17) is 10.5 Å². The van der Waals surface area contributed by atoms with Gasteiger partial charge in [0.2, 0.25) is 0 Å². The molecule has 0 aliphatic rings. The Balaban J connectivity index is 1.78. The molecule has 0 saturated carbocycles. The van der Waals surface area contributed by atoms with Crippen LogP contribution in [0.1, 0.15) is 32.9 Å². The molecule has 0 atom stereocenters. The number of anilines is 2. The quantitative estimate of drug-likeness (QED) is 0.582. The number of nitrogens with two attached hydrogens (primary N) is 1. The molecule has 2 aromatic heterocycles. The SMILES string of the molecule is Cc1c(C#N)c(NC(=O)COC(=O)c2nccnc2N)n(Cc2ccc(F)cc2)c1C. The van der Waals surface area contributed by atoms with Gasteiger partial charge in [-0.1, -0.05) is 12.1 Å². The summed E-state index contributed by atoms with van der Waals surface area (Å²) in [5.74, 6) is -1.75. The molecule has 0 unspecified atom stereocenters. The van der Waals surface area contributed by atoms with Gasteiger partial charge in [0.25, 0.3) is 5.91 Å². The number of nitrogen functional groups attached to an aromatic ring is 1. The van der Waals surface area contributed by atoms with Crippen molar-refractivity contribution >= 4 is 23.5 Å². The average Bonchev–Trinajstić information content (AvgIpc) is 2.97. The monoisotopic (exact) mass is 422 g/mol. The number of hydrogen-bond acceptors (Lipinski definition) is 7. The molecule has 10 heteroatoms. The highest BCUT2D eigenvalue weighted by Gasteiger charge is 2.21. The smallest absolute Gasteiger partial charge is 0.361 e. The average molecular weight is 422 g/mol. The van der Waals surface area contributed by atoms with Gasteiger partial charge in [0.1, 0.15) is 17.7 Å². The highest BCUT2D eigenvalue weighted by Crippen LogP contribution is 2.27. The Morgan fingerprint density at radius 3 is 2.55 bits per heavy atom. The number of benzene rings is 1. The van der Waals surface area contributed by atoms with Gasteiger partial charge in [0.05, 0.1) is 5.56 Å². The number of amides is 1. The highest BCUT2D eigenvalue weighted by molar-refractivity contribution is 5.96. The Morgan fingerprint density at radius 2 is 1.90 bits per heavy atom. The first-order valence-electron chi connectivity index (χ1n) is 9.19. The third-order valence-electron chi connectivity index (χ3n) is 4.71. The number of aromatic nitrogens is 3. The van der Waals surface area contributed by atoms with Crippen molar-refractivity contribution in [3.8, 4) is 6.07 Å². The first-order valence-corrected chi connectivity index (χ1v) is 9.19. The van der Waals surface area contributed by atoms with E-state index in [2.05, 4.69) is 21.4 Å². The number of carbonyl (C=O) groups is 2. The summed E-state index contributed by atoms with van der Waals surface area (Å²) in [6.07, 6.45) is 2.60. The summed E-state index contributed by atoms with van der Waals surface area (Å²) < 4.78 is 19.9. The molecule has 158 valence electrons. The van der Waals surface area contributed by atoms with Crippen LogP contribution in [0.15, 0.2) is 36.7 Å². The minimum atomic E-state index is -0.893. The van der Waals surface area contributed by atoms with E-state index in [1.165, 1.54) is 24.5 Å². The van der Waals surface area contributed by atoms with E-state index in [0.29, 0.717) is 12.1 Å². The molecule has 0 aliphatic carbocycles. The lowest BCUT2D eigenvalue weighted by molar-refractivity contribution is -0.119. The van der Waals surface area contributed by atoms with Crippen LogP contribution in [0.2, 0.25) is 0 Å². The van der Waals surface area contributed by atoms with Crippen molar-refractivity contribution in [1.82, 2.24) is 14.5 Å². The van der Waals surface area contributed by atoms with Gasteiger partial charge >= 0.3 is 5.97 Å². The molecule has 1 amide bonds. The summed E-state index contributed by atoms with van der Waals surface area (Å²) in [6, 6.07) is 8.00. The topological polar surface area (TPSA) is 136 Å². The predicted octanol–water partition coefficient (Wildman–Crippen LogP) is 2.33. The van der Waals surface area contributed by atoms with Gasteiger partial charge in [-0.05, 0) is 37.1 Å². The molecule has 3 rings (SSSR count). The van der Waals surface area contributed by atoms with E-state index in [1.54, 1.807) is 23.6 Å². The van der Waals surface area contributed by atoms with Gasteiger partial charge in [0.15, 0.2) is 18.1 Å². The minimum Gasteiger partial charge on any atom is -0.451 e. The molecule has 0 aliphatic heterocycles. The molecular formula is C21H19FN6O3. The summed E-state index contributed by atoms with van der Waals surface area (Å²) >= 11 is 0. The van der Waals surface area contributed by atoms with Crippen molar-refractivity contribution in [2.45, 2.75) is 20.4 Å². The molecule has 0 radical (unpaired) electrons. The third kappa shape index (κ3) is 4.67. The Bertz CT molecular complexity index is 1180. The summed E-state index contributed by atoms with van der Waals surface area (Å²) in [6.45, 7) is 3.27. The predicted molar refractivity (Wildman–Crippen MR) is 109 cm³/mol. The number of carbonyl (C=O) groups excluding carboxylic acids is 2. The van der Waals surface area contributed by atoms with Crippen LogP contribution in [0, 0.1) is 31.0 Å². The van der Waals surface area contributed by atoms with Crippen molar-refractivity contribution in [2.75, 3.05) is 17.7 Å². The molecule has 0 spiro atoms. The molecule has 31 heavy (non-hydrogen) atoms. The number of ether oxygens (including phenoxy) is 1. The molecule has 0 fully saturated rings. The third-order valence-corrected chi connectivity index (χ3v) is 4.71. The number of esters is 1. The van der Waals surface area contributed by atoms with Crippen molar-refractivity contribution in [1.29, 1.82) is 5.26 Å². The fourth-order valence-electron chi connectivity index (χ4n) is 2.97. The Kier molecular flexibility index (Phi) is 6.26. The summed E-state index contributed by atoms with van der Waals surface area (Å²) in [7, 11) is 0. The van der Waals surface area contributed by atoms with Gasteiger partial charge in [0, 0.05) is 24.6 Å². The number of nitrogens with one attached hydrogen (secondary N) is 1. The van der Waals surface area contributed by atoms with Gasteiger partial charge < -0.3 is 20.4 Å². The van der Waals surface area contributed by atoms with E-state index in [0.717, 1.165) is 11.3 Å². The number of nitrogens with zero attached hydrogens (tertiary/aromatic N) is 4. The fraction of sp³-hybridized carbons (Fsp3) is 0.190. The summed E-state index contributed by atoms with van der Waals surface area (Å²) in [5, 5.41) is 12.2. The van der Waals surface area contributed by atoms with Crippen LogP contribution >= 0.6 is 0 Å². The molecule has 2 heterocycles. The fourth-order valence-corrected chi connectivity index (χ4v) is 2.97. The second-order valence-corrected chi connectivity index (χ2v) is 6.67. The number of hydrogen-bond donors (Lipinski definition) is 2. The zero-order valence-electron chi connectivity index (χ0n) is 16.8. The lowest BCUT2D eigenvalue weighted by Gasteiger charge is -2.13. The molecule has 1 aromatic carbocycles. The largest absolute Gasteiger partial charge is 0.451 e. The van der Waals surface area contributed by atoms with Gasteiger partial charge in [-0.2, -0.15) is 5.26 Å². The van der Waals surface area contributed by atoms with Crippen molar-refractivity contribution in [3.05, 3.63) is 70.6 Å². The zero-order valence-corrected chi connectivity index (χ0v) is 16.8. The van der Waals surface area contributed by atoms with Crippen molar-refractivity contribution in [2.24, 2.45) is 0 Å². The molecule has 0 bridgehead atoms. The highest BCUT2D eigenvalue weighted by atomic mass is 19.1. The van der Waals surface area contributed by atoms with Crippen molar-refractivity contribution in [3.63, 3.8) is 0 Å². The van der Waals surface area contributed by atoms with E-state index < -0.39 is 18.5 Å². The molecule has 3 N–H and O–H groups in total. The summed E-state index contributed by atoms with van der Waals surface area (Å²) in [5.41, 5.74) is 7.91. The molecular weight excluding hydrogens is 403 g/mol. The molecule has 9 nitrogen and oxygen atoms in total. The maximum atomic E-state index is 13.2. The zero-order chi connectivity index (χ0) is 22.5. The molecule has 3 aromatic rings. The van der Waals surface area contributed by atoms with Crippen LogP contribution in [-0.2, 0) is 16.1 Å². The summed E-state index contributed by atoms with van der Waals surface area (Å²) in [4.78, 5) is 32.0. The second-order valence-electron chi connectivity index (χ2n) is 6.67. The Labute approximate surface area is 177 Å². The number of halogens is 1. The molecule has 0 saturated heterocycles. The van der Waals surface area contributed by atoms with E-state index >= 15 is 0 Å². The van der Waals surface area contributed by atoms with Crippen LogP contribution < -0.4 is 11.1 Å². The second kappa shape index (κ2) is 9.04. The van der Waals surface area contributed by atoms with Crippen LogP contribution in [0.3, 0.4) is 0 Å². The maximum absolute atomic E-state index is 13.2. The van der Waals surface area contributed by atoms with E-state index in [-0.39, 0.29) is 28.7 Å². The van der Waals surface area contributed by atoms with E-state index in [1.807, 2.05) is 6.92 Å². The van der Waals surface area contributed by atoms with Crippen LogP contribution in [0.5, 0.6) is 0 Å². The minimum absolute atomic E-state index is 0.112. The number of rotatable bonds is 6. The Hall–Kier alpha value is -4.26. The van der Waals surface area contributed by atoms with Crippen LogP contribution in [-0.4, -0.2) is 33.0 Å². The normalized spacial score (nSPS) is 10.4. The lowest BCUT2D eigenvalue weighted by atomic mass is 10.2. The van der Waals surface area contributed by atoms with Crippen LogP contribution in [0.25, 0.3) is 0 Å². The van der Waals surface area contributed by atoms with E-state index in [9.17, 15) is 19.2 Å². The first kappa shape index (κ1) is 21.4. The van der Waals surface area contributed by atoms with Crippen LogP contribution in [0.4, 0.5) is 16.0 Å². The first-order chi connectivity index (χ1) is 14.8. The number of nitriles is 1. The van der Waals surface area contributed by atoms with Gasteiger partial charge in [-0.15, -0.1) is 0 Å². The standard InChI is InChI=1S/C21H19FN6O3/c1-12-13(2)28(10-14-3-5-15(22)6-4-14)20(16(12)9-23)27-17(29)11-31-21(30)18-19(24)26-8-7-25-18/h3-8H,10-11H2,1-2H3,(H2,24,26)(H,27,29). The maximum Gasteiger partial charge on any atom is 0.361 e. The lowest BCUT2D eigenvalue weighted by Crippen LogP contribution is -2.24. The van der Waals surface area contributed by atoms with Crippen molar-refractivity contribution < 1.29 is 18.7 Å². The Morgan fingerprint density at radius 1 is 1.23 bits per heavy atom.